The molecule has 3 rings (SSSR count). The molecule has 0 aliphatic carbocycles. The van der Waals surface area contributed by atoms with Gasteiger partial charge in [0.15, 0.2) is 5.69 Å². The van der Waals surface area contributed by atoms with E-state index in [9.17, 15) is 4.79 Å². The van der Waals surface area contributed by atoms with Crippen molar-refractivity contribution in [1.82, 2.24) is 4.98 Å². The summed E-state index contributed by atoms with van der Waals surface area (Å²) in [6.07, 6.45) is 0. The molecule has 0 spiro atoms. The van der Waals surface area contributed by atoms with E-state index in [1.54, 1.807) is 6.07 Å². The molecule has 0 unspecified atom stereocenters. The van der Waals surface area contributed by atoms with Gasteiger partial charge in [-0.15, -0.1) is 0 Å². The molecule has 5 nitrogen and oxygen atoms in total. The summed E-state index contributed by atoms with van der Waals surface area (Å²) in [5.41, 5.74) is 3.83. The number of nitrogens with zero attached hydrogens (tertiary/aromatic N) is 1. The van der Waals surface area contributed by atoms with Crippen LogP contribution in [0.25, 0.3) is 10.9 Å². The Morgan fingerprint density at radius 2 is 1.88 bits per heavy atom. The van der Waals surface area contributed by atoms with Crippen molar-refractivity contribution in [3.8, 4) is 5.75 Å². The molecule has 0 aliphatic heterocycles. The number of esters is 1. The molecule has 2 aromatic carbocycles. The minimum Gasteiger partial charge on any atom is -0.494 e. The molecule has 0 saturated carbocycles. The average molecular weight is 336 g/mol. The maximum atomic E-state index is 11.9. The van der Waals surface area contributed by atoms with Crippen LogP contribution in [0.4, 0.5) is 11.4 Å². The highest BCUT2D eigenvalue weighted by molar-refractivity contribution is 5.99. The Hall–Kier alpha value is -3.08. The van der Waals surface area contributed by atoms with Crippen LogP contribution in [-0.4, -0.2) is 24.7 Å². The summed E-state index contributed by atoms with van der Waals surface area (Å²) in [7, 11) is 1.35. The van der Waals surface area contributed by atoms with Gasteiger partial charge in [0.1, 0.15) is 5.75 Å². The Kier molecular flexibility index (Phi) is 4.84. The van der Waals surface area contributed by atoms with Crippen LogP contribution in [0.1, 0.15) is 23.0 Å². The Bertz CT molecular complexity index is 905. The van der Waals surface area contributed by atoms with E-state index in [2.05, 4.69) is 10.3 Å². The summed E-state index contributed by atoms with van der Waals surface area (Å²) < 4.78 is 10.4. The zero-order chi connectivity index (χ0) is 17.8. The molecule has 0 fully saturated rings. The minimum atomic E-state index is -0.470. The zero-order valence-electron chi connectivity index (χ0n) is 14.5. The molecular formula is C20H20N2O3. The highest BCUT2D eigenvalue weighted by atomic mass is 16.5. The van der Waals surface area contributed by atoms with Gasteiger partial charge in [-0.1, -0.05) is 17.7 Å². The van der Waals surface area contributed by atoms with E-state index in [4.69, 9.17) is 9.47 Å². The number of methoxy groups -OCH3 is 1. The number of carbonyl (C=O) groups excluding carboxylic acids is 1. The summed E-state index contributed by atoms with van der Waals surface area (Å²) in [6, 6.07) is 15.3. The van der Waals surface area contributed by atoms with Gasteiger partial charge < -0.3 is 14.8 Å². The van der Waals surface area contributed by atoms with E-state index < -0.39 is 5.97 Å². The van der Waals surface area contributed by atoms with E-state index in [0.717, 1.165) is 22.5 Å². The first-order chi connectivity index (χ1) is 12.1. The molecule has 128 valence electrons. The molecule has 5 heteroatoms. The van der Waals surface area contributed by atoms with Crippen LogP contribution in [0.5, 0.6) is 5.75 Å². The highest BCUT2D eigenvalue weighted by Crippen LogP contribution is 2.30. The second-order valence-corrected chi connectivity index (χ2v) is 5.65. The van der Waals surface area contributed by atoms with Crippen molar-refractivity contribution in [1.29, 1.82) is 0 Å². The van der Waals surface area contributed by atoms with Crippen LogP contribution >= 0.6 is 0 Å². The minimum absolute atomic E-state index is 0.258. The third-order valence-electron chi connectivity index (χ3n) is 3.82. The normalized spacial score (nSPS) is 10.5. The maximum Gasteiger partial charge on any atom is 0.356 e. The molecular weight excluding hydrogens is 316 g/mol. The van der Waals surface area contributed by atoms with Gasteiger partial charge in [-0.05, 0) is 50.2 Å². The summed E-state index contributed by atoms with van der Waals surface area (Å²) in [5, 5.41) is 4.23. The largest absolute Gasteiger partial charge is 0.494 e. The fourth-order valence-electron chi connectivity index (χ4n) is 2.57. The first-order valence-electron chi connectivity index (χ1n) is 8.10. The van der Waals surface area contributed by atoms with Gasteiger partial charge in [-0.2, -0.15) is 0 Å². The number of hydrogen-bond acceptors (Lipinski definition) is 5. The van der Waals surface area contributed by atoms with Crippen molar-refractivity contribution in [3.63, 3.8) is 0 Å². The number of pyridine rings is 1. The van der Waals surface area contributed by atoms with Crippen molar-refractivity contribution >= 4 is 28.2 Å². The molecule has 0 atom stereocenters. The number of nitrogens with one attached hydrogen (secondary N) is 1. The number of rotatable bonds is 5. The van der Waals surface area contributed by atoms with Crippen LogP contribution in [-0.2, 0) is 4.74 Å². The molecule has 1 heterocycles. The van der Waals surface area contributed by atoms with Gasteiger partial charge in [0.2, 0.25) is 0 Å². The molecule has 3 aromatic rings. The Labute approximate surface area is 146 Å². The van der Waals surface area contributed by atoms with Gasteiger partial charge in [-0.25, -0.2) is 9.78 Å². The van der Waals surface area contributed by atoms with Gasteiger partial charge in [0, 0.05) is 11.1 Å². The van der Waals surface area contributed by atoms with Crippen LogP contribution < -0.4 is 10.1 Å². The van der Waals surface area contributed by atoms with Crippen molar-refractivity contribution in [3.05, 3.63) is 59.8 Å². The van der Waals surface area contributed by atoms with Crippen molar-refractivity contribution in [2.45, 2.75) is 13.8 Å². The predicted octanol–water partition coefficient (Wildman–Crippen LogP) is 4.47. The summed E-state index contributed by atoms with van der Waals surface area (Å²) in [5.74, 6) is 0.289. The third kappa shape index (κ3) is 3.71. The average Bonchev–Trinajstić information content (AvgIpc) is 2.63. The molecule has 0 saturated heterocycles. The quantitative estimate of drug-likeness (QED) is 0.697. The second-order valence-electron chi connectivity index (χ2n) is 5.65. The van der Waals surface area contributed by atoms with Crippen LogP contribution in [0.15, 0.2) is 48.5 Å². The number of benzene rings is 2. The van der Waals surface area contributed by atoms with E-state index in [0.29, 0.717) is 12.1 Å². The van der Waals surface area contributed by atoms with Crippen molar-refractivity contribution < 1.29 is 14.3 Å². The Morgan fingerprint density at radius 3 is 2.56 bits per heavy atom. The van der Waals surface area contributed by atoms with Crippen LogP contribution in [0.2, 0.25) is 0 Å². The lowest BCUT2D eigenvalue weighted by molar-refractivity contribution is 0.0594. The molecule has 0 aliphatic rings. The van der Waals surface area contributed by atoms with Crippen molar-refractivity contribution in [2.75, 3.05) is 19.0 Å². The van der Waals surface area contributed by atoms with Gasteiger partial charge >= 0.3 is 5.97 Å². The Morgan fingerprint density at radius 1 is 1.12 bits per heavy atom. The van der Waals surface area contributed by atoms with Crippen LogP contribution in [0, 0.1) is 6.92 Å². The Balaban J connectivity index is 2.11. The van der Waals surface area contributed by atoms with Crippen molar-refractivity contribution in [2.24, 2.45) is 0 Å². The van der Waals surface area contributed by atoms with Gasteiger partial charge in [-0.3, -0.25) is 0 Å². The smallest absolute Gasteiger partial charge is 0.356 e. The monoisotopic (exact) mass is 336 g/mol. The standard InChI is InChI=1S/C20H20N2O3/c1-4-25-15-9-10-17-16(11-15)18(12-19(22-17)20(23)24-3)21-14-7-5-13(2)6-8-14/h5-12H,4H2,1-3H3,(H,21,22). The SMILES string of the molecule is CCOc1ccc2nc(C(=O)OC)cc(Nc3ccc(C)cc3)c2c1. The number of hydrogen-bond donors (Lipinski definition) is 1. The molecule has 0 amide bonds. The number of aryl methyl sites for hydroxylation is 1. The number of anilines is 2. The van der Waals surface area contributed by atoms with E-state index in [1.807, 2.05) is 56.3 Å². The summed E-state index contributed by atoms with van der Waals surface area (Å²) in [6.45, 7) is 4.56. The lowest BCUT2D eigenvalue weighted by Crippen LogP contribution is -2.06. The number of fused-ring (bicyclic) bond motifs is 1. The van der Waals surface area contributed by atoms with E-state index in [-0.39, 0.29) is 5.69 Å². The lowest BCUT2D eigenvalue weighted by atomic mass is 10.1. The van der Waals surface area contributed by atoms with E-state index >= 15 is 0 Å². The molecule has 1 aromatic heterocycles. The first-order valence-corrected chi connectivity index (χ1v) is 8.10. The number of carbonyl (C=O) groups is 1. The van der Waals surface area contributed by atoms with Gasteiger partial charge in [0.25, 0.3) is 0 Å². The third-order valence-corrected chi connectivity index (χ3v) is 3.82. The van der Waals surface area contributed by atoms with E-state index in [1.165, 1.54) is 12.7 Å². The second kappa shape index (κ2) is 7.21. The predicted molar refractivity (Wildman–Crippen MR) is 98.7 cm³/mol. The zero-order valence-corrected chi connectivity index (χ0v) is 14.5. The lowest BCUT2D eigenvalue weighted by Gasteiger charge is -2.13. The molecule has 1 N–H and O–H groups in total. The fraction of sp³-hybridized carbons (Fsp3) is 0.200. The van der Waals surface area contributed by atoms with Gasteiger partial charge in [0.05, 0.1) is 24.9 Å². The highest BCUT2D eigenvalue weighted by Gasteiger charge is 2.13. The van der Waals surface area contributed by atoms with Crippen LogP contribution in [0.3, 0.4) is 0 Å². The summed E-state index contributed by atoms with van der Waals surface area (Å²) >= 11 is 0. The topological polar surface area (TPSA) is 60.5 Å². The number of aromatic nitrogens is 1. The first kappa shape index (κ1) is 16.8. The molecule has 0 bridgehead atoms. The molecule has 0 radical (unpaired) electrons. The summed E-state index contributed by atoms with van der Waals surface area (Å²) in [4.78, 5) is 16.3. The maximum absolute atomic E-state index is 11.9. The fourth-order valence-corrected chi connectivity index (χ4v) is 2.57. The molecule has 25 heavy (non-hydrogen) atoms. The number of ether oxygens (including phenoxy) is 2.